The SMILES string of the molecule is Cc1oc(C)c(C(=O)OCC(=O)Nc2ccc(C(F)(F)F)cc2)c1C. The molecule has 0 aliphatic carbocycles. The fourth-order valence-electron chi connectivity index (χ4n) is 2.24. The number of amides is 1. The number of halogens is 3. The van der Waals surface area contributed by atoms with Gasteiger partial charge in [0.1, 0.15) is 17.1 Å². The van der Waals surface area contributed by atoms with Gasteiger partial charge < -0.3 is 14.5 Å². The number of benzene rings is 1. The van der Waals surface area contributed by atoms with Crippen LogP contribution in [0.1, 0.15) is 33.0 Å². The summed E-state index contributed by atoms with van der Waals surface area (Å²) in [7, 11) is 0. The Hall–Kier alpha value is -2.77. The quantitative estimate of drug-likeness (QED) is 0.841. The van der Waals surface area contributed by atoms with Gasteiger partial charge in [-0.1, -0.05) is 0 Å². The maximum atomic E-state index is 12.5. The molecule has 0 atom stereocenters. The number of rotatable bonds is 4. The topological polar surface area (TPSA) is 68.5 Å². The van der Waals surface area contributed by atoms with Crippen molar-refractivity contribution in [3.8, 4) is 0 Å². The second-order valence-corrected chi connectivity index (χ2v) is 5.41. The first-order valence-corrected chi connectivity index (χ1v) is 7.30. The number of alkyl halides is 3. The minimum Gasteiger partial charge on any atom is -0.465 e. The summed E-state index contributed by atoms with van der Waals surface area (Å²) in [5.41, 5.74) is 0.240. The number of carbonyl (C=O) groups is 2. The Morgan fingerprint density at radius 1 is 1.08 bits per heavy atom. The van der Waals surface area contributed by atoms with Gasteiger partial charge in [0, 0.05) is 11.3 Å². The van der Waals surface area contributed by atoms with E-state index >= 15 is 0 Å². The molecule has 1 heterocycles. The van der Waals surface area contributed by atoms with Crippen LogP contribution in [-0.2, 0) is 15.7 Å². The molecule has 0 radical (unpaired) electrons. The molecule has 1 aromatic carbocycles. The first-order valence-electron chi connectivity index (χ1n) is 7.30. The lowest BCUT2D eigenvalue weighted by molar-refractivity contribution is -0.137. The Morgan fingerprint density at radius 3 is 2.16 bits per heavy atom. The second-order valence-electron chi connectivity index (χ2n) is 5.41. The molecule has 0 aliphatic heterocycles. The van der Waals surface area contributed by atoms with Crippen molar-refractivity contribution < 1.29 is 31.9 Å². The van der Waals surface area contributed by atoms with E-state index in [2.05, 4.69) is 5.32 Å². The summed E-state index contributed by atoms with van der Waals surface area (Å²) in [6.45, 7) is 4.45. The summed E-state index contributed by atoms with van der Waals surface area (Å²) < 4.78 is 47.6. The zero-order chi connectivity index (χ0) is 18.8. The van der Waals surface area contributed by atoms with Crippen molar-refractivity contribution in [2.24, 2.45) is 0 Å². The van der Waals surface area contributed by atoms with E-state index in [1.54, 1.807) is 20.8 Å². The zero-order valence-electron chi connectivity index (χ0n) is 13.8. The summed E-state index contributed by atoms with van der Waals surface area (Å²) in [6.07, 6.45) is -4.45. The molecular weight excluding hydrogens is 339 g/mol. The molecule has 0 bridgehead atoms. The van der Waals surface area contributed by atoms with Crippen LogP contribution in [0.15, 0.2) is 28.7 Å². The van der Waals surface area contributed by atoms with Crippen molar-refractivity contribution in [3.63, 3.8) is 0 Å². The summed E-state index contributed by atoms with van der Waals surface area (Å²) in [5, 5.41) is 2.35. The third-order valence-electron chi connectivity index (χ3n) is 3.60. The van der Waals surface area contributed by atoms with Crippen LogP contribution in [0.5, 0.6) is 0 Å². The third-order valence-corrected chi connectivity index (χ3v) is 3.60. The molecule has 1 amide bonds. The number of hydrogen-bond donors (Lipinski definition) is 1. The largest absolute Gasteiger partial charge is 0.465 e. The Bertz CT molecular complexity index is 791. The molecule has 134 valence electrons. The molecule has 8 heteroatoms. The van der Waals surface area contributed by atoms with Crippen molar-refractivity contribution in [2.75, 3.05) is 11.9 Å². The molecule has 0 saturated carbocycles. The van der Waals surface area contributed by atoms with Gasteiger partial charge >= 0.3 is 12.1 Å². The predicted octanol–water partition coefficient (Wildman–Crippen LogP) is 4.02. The lowest BCUT2D eigenvalue weighted by atomic mass is 10.1. The summed E-state index contributed by atoms with van der Waals surface area (Å²) in [6, 6.07) is 3.94. The molecule has 1 aromatic heterocycles. The van der Waals surface area contributed by atoms with Gasteiger partial charge in [-0.2, -0.15) is 13.2 Å². The first kappa shape index (κ1) is 18.6. The Morgan fingerprint density at radius 2 is 1.68 bits per heavy atom. The van der Waals surface area contributed by atoms with Gasteiger partial charge in [0.05, 0.1) is 5.56 Å². The van der Waals surface area contributed by atoms with Crippen molar-refractivity contribution >= 4 is 17.6 Å². The standard InChI is InChI=1S/C17H16F3NO4/c1-9-10(2)25-11(3)15(9)16(23)24-8-14(22)21-13-6-4-12(5-7-13)17(18,19)20/h4-7H,8H2,1-3H3,(H,21,22). The van der Waals surface area contributed by atoms with Crippen molar-refractivity contribution in [2.45, 2.75) is 26.9 Å². The molecule has 2 aromatic rings. The van der Waals surface area contributed by atoms with E-state index < -0.39 is 30.2 Å². The number of nitrogens with one attached hydrogen (secondary N) is 1. The van der Waals surface area contributed by atoms with Crippen LogP contribution in [-0.4, -0.2) is 18.5 Å². The number of ether oxygens (including phenoxy) is 1. The smallest absolute Gasteiger partial charge is 0.416 e. The molecule has 0 aliphatic rings. The van der Waals surface area contributed by atoms with Crippen molar-refractivity contribution in [1.82, 2.24) is 0 Å². The number of hydrogen-bond acceptors (Lipinski definition) is 4. The van der Waals surface area contributed by atoms with Crippen molar-refractivity contribution in [3.05, 3.63) is 52.5 Å². The molecule has 0 spiro atoms. The van der Waals surface area contributed by atoms with E-state index in [9.17, 15) is 22.8 Å². The zero-order valence-corrected chi connectivity index (χ0v) is 13.8. The van der Waals surface area contributed by atoms with E-state index in [0.717, 1.165) is 24.3 Å². The van der Waals surface area contributed by atoms with Crippen LogP contribution in [0.2, 0.25) is 0 Å². The average molecular weight is 355 g/mol. The Balaban J connectivity index is 1.93. The van der Waals surface area contributed by atoms with Gasteiger partial charge in [0.2, 0.25) is 0 Å². The van der Waals surface area contributed by atoms with E-state index in [4.69, 9.17) is 9.15 Å². The third kappa shape index (κ3) is 4.40. The van der Waals surface area contributed by atoms with Crippen LogP contribution >= 0.6 is 0 Å². The highest BCUT2D eigenvalue weighted by atomic mass is 19.4. The van der Waals surface area contributed by atoms with Gasteiger partial charge in [0.15, 0.2) is 6.61 Å². The molecule has 5 nitrogen and oxygen atoms in total. The fraction of sp³-hybridized carbons (Fsp3) is 0.294. The van der Waals surface area contributed by atoms with Crippen LogP contribution in [0.4, 0.5) is 18.9 Å². The molecule has 2 rings (SSSR count). The summed E-state index contributed by atoms with van der Waals surface area (Å²) in [5.74, 6) is -0.389. The number of furan rings is 1. The van der Waals surface area contributed by atoms with E-state index in [1.807, 2.05) is 0 Å². The number of aryl methyl sites for hydroxylation is 2. The minimum atomic E-state index is -4.45. The summed E-state index contributed by atoms with van der Waals surface area (Å²) >= 11 is 0. The van der Waals surface area contributed by atoms with Crippen molar-refractivity contribution in [1.29, 1.82) is 0 Å². The van der Waals surface area contributed by atoms with Gasteiger partial charge in [-0.3, -0.25) is 4.79 Å². The highest BCUT2D eigenvalue weighted by Gasteiger charge is 2.30. The average Bonchev–Trinajstić information content (AvgIpc) is 2.77. The predicted molar refractivity (Wildman–Crippen MR) is 83.3 cm³/mol. The number of anilines is 1. The highest BCUT2D eigenvalue weighted by molar-refractivity contribution is 5.96. The molecule has 0 unspecified atom stereocenters. The Kier molecular flexibility index (Phi) is 5.20. The van der Waals surface area contributed by atoms with E-state index in [1.165, 1.54) is 0 Å². The molecule has 1 N–H and O–H groups in total. The summed E-state index contributed by atoms with van der Waals surface area (Å²) in [4.78, 5) is 23.8. The van der Waals surface area contributed by atoms with Gasteiger partial charge in [0.25, 0.3) is 5.91 Å². The maximum Gasteiger partial charge on any atom is 0.416 e. The van der Waals surface area contributed by atoms with Crippen LogP contribution < -0.4 is 5.32 Å². The normalized spacial score (nSPS) is 11.3. The lowest BCUT2D eigenvalue weighted by Crippen LogP contribution is -2.21. The number of esters is 1. The minimum absolute atomic E-state index is 0.167. The molecular formula is C17H16F3NO4. The monoisotopic (exact) mass is 355 g/mol. The van der Waals surface area contributed by atoms with Crippen LogP contribution in [0.25, 0.3) is 0 Å². The molecule has 0 fully saturated rings. The van der Waals surface area contributed by atoms with E-state index in [-0.39, 0.29) is 11.3 Å². The number of carbonyl (C=O) groups excluding carboxylic acids is 2. The lowest BCUT2D eigenvalue weighted by Gasteiger charge is -2.09. The molecule has 0 saturated heterocycles. The van der Waals surface area contributed by atoms with Gasteiger partial charge in [-0.15, -0.1) is 0 Å². The van der Waals surface area contributed by atoms with Gasteiger partial charge in [-0.05, 0) is 45.0 Å². The second kappa shape index (κ2) is 7.00. The van der Waals surface area contributed by atoms with Gasteiger partial charge in [-0.25, -0.2) is 4.79 Å². The van der Waals surface area contributed by atoms with E-state index in [0.29, 0.717) is 17.1 Å². The van der Waals surface area contributed by atoms with Crippen LogP contribution in [0.3, 0.4) is 0 Å². The Labute approximate surface area is 141 Å². The highest BCUT2D eigenvalue weighted by Crippen LogP contribution is 2.29. The first-order chi connectivity index (χ1) is 11.6. The maximum absolute atomic E-state index is 12.5. The van der Waals surface area contributed by atoms with Crippen LogP contribution in [0, 0.1) is 20.8 Å². The molecule has 25 heavy (non-hydrogen) atoms. The fourth-order valence-corrected chi connectivity index (χ4v) is 2.24.